The molecule has 0 atom stereocenters. The zero-order valence-corrected chi connectivity index (χ0v) is 12.5. The highest BCUT2D eigenvalue weighted by atomic mass is 16.5. The zero-order chi connectivity index (χ0) is 15.9. The van der Waals surface area contributed by atoms with Crippen LogP contribution in [0.15, 0.2) is 18.3 Å². The molecule has 1 aromatic heterocycles. The Bertz CT molecular complexity index is 480. The fourth-order valence-electron chi connectivity index (χ4n) is 1.40. The van der Waals surface area contributed by atoms with Crippen LogP contribution in [-0.4, -0.2) is 40.8 Å². The molecule has 0 spiro atoms. The fraction of sp³-hybridized carbons (Fsp3) is 0.500. The van der Waals surface area contributed by atoms with Crippen molar-refractivity contribution in [3.05, 3.63) is 29.6 Å². The molecule has 0 aliphatic heterocycles. The molecule has 7 heteroatoms. The van der Waals surface area contributed by atoms with E-state index in [1.807, 2.05) is 20.8 Å². The van der Waals surface area contributed by atoms with Crippen molar-refractivity contribution in [1.82, 2.24) is 15.6 Å². The maximum Gasteiger partial charge on any atom is 0.407 e. The topological polar surface area (TPSA) is 101 Å². The average molecular weight is 295 g/mol. The second-order valence-electron chi connectivity index (χ2n) is 5.46. The van der Waals surface area contributed by atoms with Crippen LogP contribution in [0.1, 0.15) is 36.8 Å². The maximum absolute atomic E-state index is 11.7. The minimum absolute atomic E-state index is 0.0792. The van der Waals surface area contributed by atoms with Crippen molar-refractivity contribution in [2.75, 3.05) is 13.2 Å². The summed E-state index contributed by atoms with van der Waals surface area (Å²) in [7, 11) is 0. The zero-order valence-electron chi connectivity index (χ0n) is 12.5. The Labute approximate surface area is 123 Å². The minimum atomic E-state index is -0.522. The van der Waals surface area contributed by atoms with Gasteiger partial charge in [-0.05, 0) is 32.9 Å². The van der Waals surface area contributed by atoms with Gasteiger partial charge in [0.25, 0.3) is 5.91 Å². The highest BCUT2D eigenvalue weighted by Gasteiger charge is 2.14. The molecule has 1 aromatic rings. The van der Waals surface area contributed by atoms with Gasteiger partial charge in [0.05, 0.1) is 24.4 Å². The van der Waals surface area contributed by atoms with Gasteiger partial charge in [0.1, 0.15) is 6.61 Å². The third-order valence-corrected chi connectivity index (χ3v) is 2.35. The van der Waals surface area contributed by atoms with E-state index in [-0.39, 0.29) is 31.2 Å². The number of rotatable bonds is 5. The number of amides is 2. The van der Waals surface area contributed by atoms with Crippen LogP contribution in [-0.2, 0) is 11.3 Å². The fourth-order valence-corrected chi connectivity index (χ4v) is 1.40. The van der Waals surface area contributed by atoms with E-state index in [9.17, 15) is 9.59 Å². The first-order valence-electron chi connectivity index (χ1n) is 6.61. The van der Waals surface area contributed by atoms with Gasteiger partial charge < -0.3 is 20.5 Å². The molecule has 0 bridgehead atoms. The van der Waals surface area contributed by atoms with E-state index >= 15 is 0 Å². The molecule has 1 heterocycles. The maximum atomic E-state index is 11.7. The van der Waals surface area contributed by atoms with Crippen LogP contribution in [0.25, 0.3) is 0 Å². The van der Waals surface area contributed by atoms with Crippen molar-refractivity contribution in [2.45, 2.75) is 32.9 Å². The van der Waals surface area contributed by atoms with Crippen molar-refractivity contribution < 1.29 is 19.4 Å². The van der Waals surface area contributed by atoms with Crippen LogP contribution in [0, 0.1) is 0 Å². The Morgan fingerprint density at radius 2 is 2.05 bits per heavy atom. The summed E-state index contributed by atoms with van der Waals surface area (Å²) < 4.78 is 4.93. The lowest BCUT2D eigenvalue weighted by atomic mass is 10.1. The molecule has 0 aliphatic rings. The van der Waals surface area contributed by atoms with Crippen LogP contribution in [0.2, 0.25) is 0 Å². The second-order valence-corrected chi connectivity index (χ2v) is 5.46. The van der Waals surface area contributed by atoms with Gasteiger partial charge >= 0.3 is 6.09 Å². The monoisotopic (exact) mass is 295 g/mol. The summed E-state index contributed by atoms with van der Waals surface area (Å²) in [5, 5.41) is 14.1. The second kappa shape index (κ2) is 7.58. The van der Waals surface area contributed by atoms with Gasteiger partial charge in [-0.15, -0.1) is 0 Å². The number of nitrogens with one attached hydrogen (secondary N) is 2. The lowest BCUT2D eigenvalue weighted by Crippen LogP contribution is -2.41. The Morgan fingerprint density at radius 3 is 2.57 bits per heavy atom. The normalized spacial score (nSPS) is 10.9. The van der Waals surface area contributed by atoms with E-state index in [0.29, 0.717) is 11.3 Å². The van der Waals surface area contributed by atoms with E-state index in [0.717, 1.165) is 0 Å². The summed E-state index contributed by atoms with van der Waals surface area (Å²) in [5.41, 5.74) is 0.514. The van der Waals surface area contributed by atoms with Gasteiger partial charge in [0, 0.05) is 11.7 Å². The number of aliphatic hydroxyl groups excluding tert-OH is 1. The minimum Gasteiger partial charge on any atom is -0.448 e. The third-order valence-electron chi connectivity index (χ3n) is 2.35. The summed E-state index contributed by atoms with van der Waals surface area (Å²) in [6.45, 7) is 5.66. The van der Waals surface area contributed by atoms with Crippen molar-refractivity contribution in [2.24, 2.45) is 0 Å². The predicted octanol–water partition coefficient (Wildman–Crippen LogP) is 0.828. The molecule has 0 aliphatic carbocycles. The number of aromatic nitrogens is 1. The number of aliphatic hydroxyl groups is 1. The largest absolute Gasteiger partial charge is 0.448 e. The van der Waals surface area contributed by atoms with E-state index < -0.39 is 6.09 Å². The summed E-state index contributed by atoms with van der Waals surface area (Å²) >= 11 is 0. The predicted molar refractivity (Wildman–Crippen MR) is 76.7 cm³/mol. The van der Waals surface area contributed by atoms with Gasteiger partial charge in [-0.3, -0.25) is 9.78 Å². The SMILES string of the molecule is CC(C)(C)NC(=O)OCCNC(=O)c1ccc(CO)nc1. The van der Waals surface area contributed by atoms with Gasteiger partial charge in [0.15, 0.2) is 0 Å². The molecule has 0 unspecified atom stereocenters. The molecule has 7 nitrogen and oxygen atoms in total. The van der Waals surface area contributed by atoms with Crippen LogP contribution in [0.4, 0.5) is 4.79 Å². The van der Waals surface area contributed by atoms with E-state index in [1.54, 1.807) is 12.1 Å². The number of nitrogens with zero attached hydrogens (tertiary/aromatic N) is 1. The van der Waals surface area contributed by atoms with E-state index in [2.05, 4.69) is 15.6 Å². The molecule has 0 saturated heterocycles. The molecular weight excluding hydrogens is 274 g/mol. The number of carbonyl (C=O) groups is 2. The van der Waals surface area contributed by atoms with Crippen LogP contribution in [0.3, 0.4) is 0 Å². The first-order valence-corrected chi connectivity index (χ1v) is 6.61. The van der Waals surface area contributed by atoms with Gasteiger partial charge in [-0.1, -0.05) is 0 Å². The number of hydrogen-bond donors (Lipinski definition) is 3. The molecule has 1 rings (SSSR count). The van der Waals surface area contributed by atoms with Gasteiger partial charge in [0.2, 0.25) is 0 Å². The third kappa shape index (κ3) is 6.71. The van der Waals surface area contributed by atoms with E-state index in [1.165, 1.54) is 6.20 Å². The van der Waals surface area contributed by atoms with Crippen molar-refractivity contribution in [1.29, 1.82) is 0 Å². The lowest BCUT2D eigenvalue weighted by molar-refractivity contribution is 0.0930. The first-order chi connectivity index (χ1) is 9.81. The summed E-state index contributed by atoms with van der Waals surface area (Å²) in [4.78, 5) is 27.0. The molecule has 116 valence electrons. The summed E-state index contributed by atoms with van der Waals surface area (Å²) in [6.07, 6.45) is 0.861. The number of carbonyl (C=O) groups excluding carboxylic acids is 2. The van der Waals surface area contributed by atoms with Crippen molar-refractivity contribution >= 4 is 12.0 Å². The Morgan fingerprint density at radius 1 is 1.33 bits per heavy atom. The number of ether oxygens (including phenoxy) is 1. The summed E-state index contributed by atoms with van der Waals surface area (Å²) in [5.74, 6) is -0.313. The molecule has 0 radical (unpaired) electrons. The standard InChI is InChI=1S/C14H21N3O4/c1-14(2,3)17-13(20)21-7-6-15-12(19)10-4-5-11(9-18)16-8-10/h4-5,8,18H,6-7,9H2,1-3H3,(H,15,19)(H,17,20). The van der Waals surface area contributed by atoms with Gasteiger partial charge in [-0.2, -0.15) is 0 Å². The molecule has 21 heavy (non-hydrogen) atoms. The van der Waals surface area contributed by atoms with Crippen LogP contribution >= 0.6 is 0 Å². The smallest absolute Gasteiger partial charge is 0.407 e. The van der Waals surface area contributed by atoms with Crippen molar-refractivity contribution in [3.8, 4) is 0 Å². The van der Waals surface area contributed by atoms with Gasteiger partial charge in [-0.25, -0.2) is 4.79 Å². The molecule has 3 N–H and O–H groups in total. The Hall–Kier alpha value is -2.15. The molecular formula is C14H21N3O4. The number of pyridine rings is 1. The summed E-state index contributed by atoms with van der Waals surface area (Å²) in [6, 6.07) is 3.14. The first kappa shape index (κ1) is 16.9. The average Bonchev–Trinajstić information content (AvgIpc) is 2.41. The van der Waals surface area contributed by atoms with Crippen molar-refractivity contribution in [3.63, 3.8) is 0 Å². The van der Waals surface area contributed by atoms with Crippen LogP contribution in [0.5, 0.6) is 0 Å². The van der Waals surface area contributed by atoms with E-state index in [4.69, 9.17) is 9.84 Å². The quantitative estimate of drug-likeness (QED) is 0.699. The Kier molecular flexibility index (Phi) is 6.10. The lowest BCUT2D eigenvalue weighted by Gasteiger charge is -2.19. The van der Waals surface area contributed by atoms with Crippen LogP contribution < -0.4 is 10.6 Å². The Balaban J connectivity index is 2.28. The molecule has 2 amide bonds. The number of alkyl carbamates (subject to hydrolysis) is 1. The number of hydrogen-bond acceptors (Lipinski definition) is 5. The highest BCUT2D eigenvalue weighted by molar-refractivity contribution is 5.93. The molecule has 0 saturated carbocycles. The molecule has 0 aromatic carbocycles. The highest BCUT2D eigenvalue weighted by Crippen LogP contribution is 2.00. The molecule has 0 fully saturated rings.